The Morgan fingerprint density at radius 2 is 2.32 bits per heavy atom. The van der Waals surface area contributed by atoms with Crippen molar-refractivity contribution in [2.75, 3.05) is 19.6 Å². The van der Waals surface area contributed by atoms with Gasteiger partial charge in [0.2, 0.25) is 0 Å². The van der Waals surface area contributed by atoms with Gasteiger partial charge in [0.1, 0.15) is 0 Å². The first-order valence-corrected chi connectivity index (χ1v) is 7.32. The highest BCUT2D eigenvalue weighted by Crippen LogP contribution is 2.26. The number of furan rings is 1. The molecule has 104 valence electrons. The molecule has 0 spiro atoms. The van der Waals surface area contributed by atoms with Gasteiger partial charge in [0.05, 0.1) is 6.26 Å². The molecule has 1 amide bonds. The first-order chi connectivity index (χ1) is 9.25. The Bertz CT molecular complexity index is 449. The van der Waals surface area contributed by atoms with Gasteiger partial charge in [-0.05, 0) is 51.1 Å². The van der Waals surface area contributed by atoms with Crippen molar-refractivity contribution in [3.05, 3.63) is 23.7 Å². The van der Waals surface area contributed by atoms with Crippen molar-refractivity contribution >= 4 is 5.91 Å². The average molecular weight is 262 g/mol. The lowest BCUT2D eigenvalue weighted by molar-refractivity contribution is 0.0618. The van der Waals surface area contributed by atoms with Crippen molar-refractivity contribution in [2.45, 2.75) is 38.6 Å². The highest BCUT2D eigenvalue weighted by molar-refractivity contribution is 5.92. The molecule has 2 fully saturated rings. The fourth-order valence-corrected chi connectivity index (χ4v) is 3.37. The summed E-state index contributed by atoms with van der Waals surface area (Å²) >= 11 is 0. The maximum atomic E-state index is 12.5. The van der Waals surface area contributed by atoms with Crippen LogP contribution in [-0.2, 0) is 0 Å². The fraction of sp³-hybridized carbons (Fsp3) is 0.667. The van der Waals surface area contributed by atoms with E-state index < -0.39 is 0 Å². The van der Waals surface area contributed by atoms with E-state index >= 15 is 0 Å². The Balaban J connectivity index is 1.67. The molecule has 2 unspecified atom stereocenters. The van der Waals surface area contributed by atoms with Crippen LogP contribution in [-0.4, -0.2) is 36.5 Å². The van der Waals surface area contributed by atoms with E-state index in [2.05, 4.69) is 5.32 Å². The molecule has 2 aliphatic heterocycles. The molecule has 2 aliphatic rings. The highest BCUT2D eigenvalue weighted by Gasteiger charge is 2.32. The van der Waals surface area contributed by atoms with E-state index in [1.54, 1.807) is 6.26 Å². The van der Waals surface area contributed by atoms with Crippen molar-refractivity contribution in [1.82, 2.24) is 10.2 Å². The summed E-state index contributed by atoms with van der Waals surface area (Å²) in [6, 6.07) is 2.46. The van der Waals surface area contributed by atoms with Crippen molar-refractivity contribution in [1.29, 1.82) is 0 Å². The van der Waals surface area contributed by atoms with E-state index in [0.717, 1.165) is 31.6 Å². The van der Waals surface area contributed by atoms with Crippen molar-refractivity contribution in [3.63, 3.8) is 0 Å². The summed E-state index contributed by atoms with van der Waals surface area (Å²) in [6.07, 6.45) is 6.47. The van der Waals surface area contributed by atoms with Gasteiger partial charge < -0.3 is 14.6 Å². The maximum absolute atomic E-state index is 12.5. The number of hydrogen-bond donors (Lipinski definition) is 1. The van der Waals surface area contributed by atoms with Crippen LogP contribution in [0.15, 0.2) is 16.7 Å². The largest absolute Gasteiger partial charge is 0.459 e. The van der Waals surface area contributed by atoms with E-state index in [4.69, 9.17) is 4.42 Å². The van der Waals surface area contributed by atoms with Crippen LogP contribution < -0.4 is 5.32 Å². The van der Waals surface area contributed by atoms with E-state index in [1.807, 2.05) is 17.9 Å². The van der Waals surface area contributed by atoms with Crippen LogP contribution in [0.2, 0.25) is 0 Å². The monoisotopic (exact) mass is 262 g/mol. The Kier molecular flexibility index (Phi) is 3.60. The number of carbonyl (C=O) groups excluding carboxylic acids is 1. The summed E-state index contributed by atoms with van der Waals surface area (Å²) in [5.41, 5.74) is 0.936. The third-order valence-electron chi connectivity index (χ3n) is 4.47. The second kappa shape index (κ2) is 5.37. The molecule has 19 heavy (non-hydrogen) atoms. The molecule has 1 aromatic rings. The minimum absolute atomic E-state index is 0.0604. The fourth-order valence-electron chi connectivity index (χ4n) is 3.37. The van der Waals surface area contributed by atoms with Gasteiger partial charge in [0.25, 0.3) is 5.91 Å². The molecule has 1 N–H and O–H groups in total. The van der Waals surface area contributed by atoms with Gasteiger partial charge in [0.15, 0.2) is 5.76 Å². The zero-order valence-electron chi connectivity index (χ0n) is 11.5. The van der Waals surface area contributed by atoms with Gasteiger partial charge in [-0.15, -0.1) is 0 Å². The van der Waals surface area contributed by atoms with Gasteiger partial charge >= 0.3 is 0 Å². The zero-order valence-corrected chi connectivity index (χ0v) is 11.5. The second-order valence-electron chi connectivity index (χ2n) is 5.79. The predicted molar refractivity (Wildman–Crippen MR) is 73.1 cm³/mol. The molecule has 0 bridgehead atoms. The van der Waals surface area contributed by atoms with Crippen molar-refractivity contribution < 1.29 is 9.21 Å². The predicted octanol–water partition coefficient (Wildman–Crippen LogP) is 2.19. The molecule has 4 nitrogen and oxygen atoms in total. The Morgan fingerprint density at radius 3 is 3.00 bits per heavy atom. The summed E-state index contributed by atoms with van der Waals surface area (Å²) in [5.74, 6) is 1.18. The third kappa shape index (κ3) is 2.54. The van der Waals surface area contributed by atoms with Crippen LogP contribution in [0.5, 0.6) is 0 Å². The number of amides is 1. The number of carbonyl (C=O) groups is 1. The number of aryl methyl sites for hydroxylation is 1. The van der Waals surface area contributed by atoms with Gasteiger partial charge in [-0.25, -0.2) is 0 Å². The molecular weight excluding hydrogens is 240 g/mol. The first-order valence-electron chi connectivity index (χ1n) is 7.32. The standard InChI is InChI=1S/C15H22N2O2/c1-11-6-9-19-14(11)15(18)17-8-3-4-12(10-17)13-5-2-7-16-13/h6,9,12-13,16H,2-5,7-8,10H2,1H3. The van der Waals surface area contributed by atoms with E-state index in [0.29, 0.717) is 17.7 Å². The molecule has 2 atom stereocenters. The minimum Gasteiger partial charge on any atom is -0.459 e. The third-order valence-corrected chi connectivity index (χ3v) is 4.47. The van der Waals surface area contributed by atoms with Gasteiger partial charge in [-0.1, -0.05) is 0 Å². The minimum atomic E-state index is 0.0604. The molecule has 3 rings (SSSR count). The summed E-state index contributed by atoms with van der Waals surface area (Å²) < 4.78 is 5.33. The smallest absolute Gasteiger partial charge is 0.289 e. The lowest BCUT2D eigenvalue weighted by atomic mass is 9.89. The van der Waals surface area contributed by atoms with Crippen LogP contribution in [0.1, 0.15) is 41.8 Å². The number of rotatable bonds is 2. The number of nitrogens with one attached hydrogen (secondary N) is 1. The van der Waals surface area contributed by atoms with Gasteiger partial charge in [-0.2, -0.15) is 0 Å². The molecular formula is C15H22N2O2. The molecule has 0 radical (unpaired) electrons. The second-order valence-corrected chi connectivity index (χ2v) is 5.79. The average Bonchev–Trinajstić information content (AvgIpc) is 3.09. The lowest BCUT2D eigenvalue weighted by Crippen LogP contribution is -2.45. The van der Waals surface area contributed by atoms with E-state index in [1.165, 1.54) is 19.3 Å². The van der Waals surface area contributed by atoms with Gasteiger partial charge in [0, 0.05) is 24.7 Å². The molecule has 1 aromatic heterocycles. The molecule has 0 aromatic carbocycles. The van der Waals surface area contributed by atoms with Crippen LogP contribution in [0.25, 0.3) is 0 Å². The Hall–Kier alpha value is -1.29. The molecule has 2 saturated heterocycles. The summed E-state index contributed by atoms with van der Waals surface area (Å²) in [4.78, 5) is 14.4. The molecule has 0 aliphatic carbocycles. The zero-order chi connectivity index (χ0) is 13.2. The van der Waals surface area contributed by atoms with Crippen molar-refractivity contribution in [3.8, 4) is 0 Å². The lowest BCUT2D eigenvalue weighted by Gasteiger charge is -2.35. The maximum Gasteiger partial charge on any atom is 0.289 e. The summed E-state index contributed by atoms with van der Waals surface area (Å²) in [6.45, 7) is 4.79. The summed E-state index contributed by atoms with van der Waals surface area (Å²) in [5, 5.41) is 3.57. The highest BCUT2D eigenvalue weighted by atomic mass is 16.3. The van der Waals surface area contributed by atoms with Crippen LogP contribution in [0.3, 0.4) is 0 Å². The molecule has 3 heterocycles. The molecule has 0 saturated carbocycles. The Labute approximate surface area is 114 Å². The van der Waals surface area contributed by atoms with Crippen LogP contribution >= 0.6 is 0 Å². The number of nitrogens with zero attached hydrogens (tertiary/aromatic N) is 1. The first kappa shape index (κ1) is 12.7. The Morgan fingerprint density at radius 1 is 1.42 bits per heavy atom. The normalized spacial score (nSPS) is 27.7. The van der Waals surface area contributed by atoms with Crippen LogP contribution in [0, 0.1) is 12.8 Å². The topological polar surface area (TPSA) is 45.5 Å². The quantitative estimate of drug-likeness (QED) is 0.888. The van der Waals surface area contributed by atoms with Crippen LogP contribution in [0.4, 0.5) is 0 Å². The number of piperidine rings is 1. The number of likely N-dealkylation sites (tertiary alicyclic amines) is 1. The van der Waals surface area contributed by atoms with E-state index in [9.17, 15) is 4.79 Å². The van der Waals surface area contributed by atoms with Gasteiger partial charge in [-0.3, -0.25) is 4.79 Å². The van der Waals surface area contributed by atoms with E-state index in [-0.39, 0.29) is 5.91 Å². The van der Waals surface area contributed by atoms with Crippen molar-refractivity contribution in [2.24, 2.45) is 5.92 Å². The number of hydrogen-bond acceptors (Lipinski definition) is 3. The summed E-state index contributed by atoms with van der Waals surface area (Å²) in [7, 11) is 0. The SMILES string of the molecule is Cc1ccoc1C(=O)N1CCCC(C2CCCN2)C1. The molecule has 4 heteroatoms.